The average molecular weight is 632 g/mol. The van der Waals surface area contributed by atoms with E-state index in [1.807, 2.05) is 58.0 Å². The van der Waals surface area contributed by atoms with Crippen LogP contribution in [0.25, 0.3) is 0 Å². The lowest BCUT2D eigenvalue weighted by molar-refractivity contribution is -0.140. The van der Waals surface area contributed by atoms with E-state index < -0.39 is 34.1 Å². The molecule has 1 atom stereocenters. The van der Waals surface area contributed by atoms with E-state index in [-0.39, 0.29) is 23.8 Å². The zero-order valence-corrected chi connectivity index (χ0v) is 27.0. The van der Waals surface area contributed by atoms with Crippen LogP contribution in [-0.4, -0.2) is 43.3 Å². The van der Waals surface area contributed by atoms with Crippen LogP contribution in [0.2, 0.25) is 5.02 Å². The van der Waals surface area contributed by atoms with Crippen LogP contribution in [0.1, 0.15) is 37.5 Å². The van der Waals surface area contributed by atoms with Gasteiger partial charge < -0.3 is 10.2 Å². The number of hydrogen-bond acceptors (Lipinski definition) is 4. The van der Waals surface area contributed by atoms with Gasteiger partial charge in [-0.3, -0.25) is 13.9 Å². The Kier molecular flexibility index (Phi) is 10.5. The number of para-hydroxylation sites is 1. The third-order valence-electron chi connectivity index (χ3n) is 6.97. The number of carbonyl (C=O) groups is 2. The number of rotatable bonds is 11. The van der Waals surface area contributed by atoms with Gasteiger partial charge in [-0.25, -0.2) is 8.42 Å². The van der Waals surface area contributed by atoms with Gasteiger partial charge in [0.15, 0.2) is 0 Å². The smallest absolute Gasteiger partial charge is 0.264 e. The highest BCUT2D eigenvalue weighted by molar-refractivity contribution is 7.92. The van der Waals surface area contributed by atoms with Gasteiger partial charge in [-0.2, -0.15) is 0 Å². The third-order valence-corrected chi connectivity index (χ3v) is 9.01. The van der Waals surface area contributed by atoms with E-state index in [9.17, 15) is 18.0 Å². The van der Waals surface area contributed by atoms with E-state index in [1.54, 1.807) is 66.7 Å². The topological polar surface area (TPSA) is 86.8 Å². The van der Waals surface area contributed by atoms with Crippen molar-refractivity contribution >= 4 is 39.1 Å². The summed E-state index contributed by atoms with van der Waals surface area (Å²) in [6, 6.07) is 30.6. The quantitative estimate of drug-likeness (QED) is 0.208. The van der Waals surface area contributed by atoms with E-state index in [0.29, 0.717) is 10.7 Å². The fourth-order valence-corrected chi connectivity index (χ4v) is 6.29. The van der Waals surface area contributed by atoms with Gasteiger partial charge in [-0.1, -0.05) is 90.0 Å². The van der Waals surface area contributed by atoms with E-state index in [0.717, 1.165) is 21.0 Å². The van der Waals surface area contributed by atoms with Crippen LogP contribution in [0, 0.1) is 6.92 Å². The van der Waals surface area contributed by atoms with Crippen molar-refractivity contribution in [3.8, 4) is 0 Å². The lowest BCUT2D eigenvalue weighted by Crippen LogP contribution is -2.56. The molecule has 2 amide bonds. The summed E-state index contributed by atoms with van der Waals surface area (Å²) in [7, 11) is -4.14. The number of aryl methyl sites for hydroxylation is 1. The predicted octanol–water partition coefficient (Wildman–Crippen LogP) is 6.40. The number of nitrogens with one attached hydrogen (secondary N) is 1. The Labute approximate surface area is 265 Å². The Bertz CT molecular complexity index is 1660. The number of nitrogens with zero attached hydrogens (tertiary/aromatic N) is 2. The lowest BCUT2D eigenvalue weighted by atomic mass is 10.0. The summed E-state index contributed by atoms with van der Waals surface area (Å²) >= 11 is 6.14. The number of sulfonamides is 1. The number of anilines is 1. The number of amides is 2. The average Bonchev–Trinajstić information content (AvgIpc) is 2.98. The SMILES string of the molecule is Cc1ccc(S(=O)(=O)N(CC(=O)N(Cc2ccc(Cl)cc2)C(Cc2ccccc2)C(=O)NC(C)(C)C)c2ccccc2)cc1. The second-order valence-electron chi connectivity index (χ2n) is 11.8. The van der Waals surface area contributed by atoms with Crippen molar-refractivity contribution in [3.63, 3.8) is 0 Å². The molecular formula is C35H38ClN3O4S. The van der Waals surface area contributed by atoms with Gasteiger partial charge in [0.25, 0.3) is 10.0 Å². The summed E-state index contributed by atoms with van der Waals surface area (Å²) in [6.07, 6.45) is 0.234. The largest absolute Gasteiger partial charge is 0.350 e. The number of hydrogen-bond donors (Lipinski definition) is 1. The van der Waals surface area contributed by atoms with E-state index in [4.69, 9.17) is 11.6 Å². The molecule has 0 bridgehead atoms. The van der Waals surface area contributed by atoms with Crippen LogP contribution in [-0.2, 0) is 32.6 Å². The van der Waals surface area contributed by atoms with Gasteiger partial charge in [0.1, 0.15) is 12.6 Å². The van der Waals surface area contributed by atoms with Gasteiger partial charge in [0.05, 0.1) is 10.6 Å². The molecule has 0 aromatic heterocycles. The molecule has 0 saturated carbocycles. The maximum absolute atomic E-state index is 14.4. The molecule has 1 unspecified atom stereocenters. The van der Waals surface area contributed by atoms with E-state index in [1.165, 1.54) is 17.0 Å². The second kappa shape index (κ2) is 14.1. The first-order valence-electron chi connectivity index (χ1n) is 14.4. The normalized spacial score (nSPS) is 12.3. The van der Waals surface area contributed by atoms with Crippen LogP contribution in [0.3, 0.4) is 0 Å². The Balaban J connectivity index is 1.79. The summed E-state index contributed by atoms with van der Waals surface area (Å²) < 4.78 is 29.2. The first-order chi connectivity index (χ1) is 20.8. The summed E-state index contributed by atoms with van der Waals surface area (Å²) in [4.78, 5) is 29.9. The first kappa shape index (κ1) is 32.8. The van der Waals surface area contributed by atoms with Crippen molar-refractivity contribution in [2.45, 2.75) is 57.1 Å². The molecule has 230 valence electrons. The summed E-state index contributed by atoms with van der Waals surface area (Å²) in [5.41, 5.74) is 2.30. The lowest BCUT2D eigenvalue weighted by Gasteiger charge is -2.35. The Morgan fingerprint density at radius 2 is 1.36 bits per heavy atom. The van der Waals surface area contributed by atoms with Gasteiger partial charge in [0, 0.05) is 23.5 Å². The van der Waals surface area contributed by atoms with Crippen LogP contribution in [0.5, 0.6) is 0 Å². The molecule has 0 heterocycles. The molecule has 0 aliphatic heterocycles. The molecule has 7 nitrogen and oxygen atoms in total. The van der Waals surface area contributed by atoms with E-state index in [2.05, 4.69) is 5.32 Å². The molecule has 1 N–H and O–H groups in total. The Morgan fingerprint density at radius 3 is 1.93 bits per heavy atom. The van der Waals surface area contributed by atoms with Gasteiger partial charge in [-0.15, -0.1) is 0 Å². The van der Waals surface area contributed by atoms with Crippen molar-refractivity contribution in [3.05, 3.63) is 131 Å². The maximum atomic E-state index is 14.4. The monoisotopic (exact) mass is 631 g/mol. The third kappa shape index (κ3) is 8.71. The molecule has 0 aliphatic rings. The minimum Gasteiger partial charge on any atom is -0.350 e. The Morgan fingerprint density at radius 1 is 0.795 bits per heavy atom. The van der Waals surface area contributed by atoms with Gasteiger partial charge in [0.2, 0.25) is 11.8 Å². The molecule has 0 spiro atoms. The van der Waals surface area contributed by atoms with Crippen molar-refractivity contribution < 1.29 is 18.0 Å². The highest BCUT2D eigenvalue weighted by Crippen LogP contribution is 2.25. The van der Waals surface area contributed by atoms with Crippen molar-refractivity contribution in [1.82, 2.24) is 10.2 Å². The summed E-state index contributed by atoms with van der Waals surface area (Å²) in [6.45, 7) is 7.06. The highest BCUT2D eigenvalue weighted by atomic mass is 35.5. The van der Waals surface area contributed by atoms with E-state index >= 15 is 0 Å². The molecule has 4 rings (SSSR count). The second-order valence-corrected chi connectivity index (χ2v) is 14.1. The highest BCUT2D eigenvalue weighted by Gasteiger charge is 2.35. The number of halogens is 1. The summed E-state index contributed by atoms with van der Waals surface area (Å²) in [5.74, 6) is -0.860. The minimum atomic E-state index is -4.14. The van der Waals surface area contributed by atoms with Crippen molar-refractivity contribution in [2.24, 2.45) is 0 Å². The zero-order chi connectivity index (χ0) is 31.9. The minimum absolute atomic E-state index is 0.0651. The zero-order valence-electron chi connectivity index (χ0n) is 25.4. The first-order valence-corrected chi connectivity index (χ1v) is 16.2. The Hall–Kier alpha value is -4.14. The summed E-state index contributed by atoms with van der Waals surface area (Å²) in [5, 5.41) is 3.57. The molecule has 44 heavy (non-hydrogen) atoms. The fraction of sp³-hybridized carbons (Fsp3) is 0.257. The molecule has 4 aromatic carbocycles. The maximum Gasteiger partial charge on any atom is 0.264 e. The molecule has 0 radical (unpaired) electrons. The molecule has 9 heteroatoms. The predicted molar refractivity (Wildman–Crippen MR) is 176 cm³/mol. The van der Waals surface area contributed by atoms with Crippen molar-refractivity contribution in [2.75, 3.05) is 10.8 Å². The van der Waals surface area contributed by atoms with Crippen LogP contribution < -0.4 is 9.62 Å². The standard InChI is InChI=1S/C35H38ClN3O4S/c1-26-15-21-31(22-16-26)44(42,43)39(30-13-9-6-10-14-30)25-33(40)38(24-28-17-19-29(36)20-18-28)32(34(41)37-35(2,3)4)23-27-11-7-5-8-12-27/h5-22,32H,23-25H2,1-4H3,(H,37,41). The fourth-order valence-electron chi connectivity index (χ4n) is 4.75. The number of benzene rings is 4. The molecule has 4 aromatic rings. The van der Waals surface area contributed by atoms with Gasteiger partial charge in [-0.05, 0) is 75.2 Å². The molecular weight excluding hydrogens is 594 g/mol. The molecule has 0 saturated heterocycles. The van der Waals surface area contributed by atoms with Crippen LogP contribution in [0.4, 0.5) is 5.69 Å². The van der Waals surface area contributed by atoms with Crippen LogP contribution in [0.15, 0.2) is 114 Å². The van der Waals surface area contributed by atoms with Gasteiger partial charge >= 0.3 is 0 Å². The molecule has 0 fully saturated rings. The molecule has 0 aliphatic carbocycles. The van der Waals surface area contributed by atoms with Crippen LogP contribution >= 0.6 is 11.6 Å². The number of carbonyl (C=O) groups excluding carboxylic acids is 2. The van der Waals surface area contributed by atoms with Crippen molar-refractivity contribution in [1.29, 1.82) is 0 Å².